The molecule has 8 bridgehead atoms. The third-order valence-electron chi connectivity index (χ3n) is 14.9. The maximum absolute atomic E-state index is 12.9. The Bertz CT molecular complexity index is 1930. The summed E-state index contributed by atoms with van der Waals surface area (Å²) in [6, 6.07) is 33.8. The normalized spacial score (nSPS) is 32.2. The zero-order chi connectivity index (χ0) is 40.1. The predicted octanol–water partition coefficient (Wildman–Crippen LogP) is 8.39. The van der Waals surface area contributed by atoms with Crippen molar-refractivity contribution in [3.8, 4) is 11.5 Å². The number of rotatable bonds is 14. The molecule has 0 amide bonds. The molecule has 8 fully saturated rings. The van der Waals surface area contributed by atoms with Gasteiger partial charge in [-0.2, -0.15) is 0 Å². The molecular weight excluding hydrogens is 888 g/mol. The van der Waals surface area contributed by atoms with Crippen LogP contribution >= 0.6 is 23.5 Å². The van der Waals surface area contributed by atoms with E-state index < -0.39 is 0 Å². The molecule has 8 aliphatic rings. The molecular formula is C50H54IO6S2+. The van der Waals surface area contributed by atoms with Gasteiger partial charge in [0, 0.05) is 19.6 Å². The van der Waals surface area contributed by atoms with Crippen LogP contribution in [0.1, 0.15) is 78.1 Å². The topological polar surface area (TPSA) is 71.1 Å². The van der Waals surface area contributed by atoms with Crippen molar-refractivity contribution in [1.82, 2.24) is 0 Å². The first kappa shape index (κ1) is 40.0. The molecule has 0 spiro atoms. The lowest BCUT2D eigenvalue weighted by Crippen LogP contribution is -3.61. The van der Waals surface area contributed by atoms with Crippen LogP contribution in [0, 0.1) is 54.5 Å². The third-order valence-corrected chi connectivity index (χ3v) is 19.6. The van der Waals surface area contributed by atoms with Crippen molar-refractivity contribution < 1.29 is 49.7 Å². The van der Waals surface area contributed by atoms with Gasteiger partial charge in [-0.05, 0) is 222 Å². The van der Waals surface area contributed by atoms with Crippen molar-refractivity contribution in [2.45, 2.75) is 109 Å². The van der Waals surface area contributed by atoms with Crippen LogP contribution in [0.3, 0.4) is 0 Å². The minimum atomic E-state index is -0.324. The first-order chi connectivity index (χ1) is 28.6. The minimum absolute atomic E-state index is 0.0493. The SMILES string of the molecule is CC1(OC(=O)COc2ccc(Sc3ccc([I+]c4ccc(Sc5ccc(OCC(=O)OC6(C)C7CC8CC(C7)CC6C8)cc5)cc4)cc3)cc2)C2CC3CC(C2)CC1C3. The highest BCUT2D eigenvalue weighted by molar-refractivity contribution is 7.99. The average Bonchev–Trinajstić information content (AvgIpc) is 3.22. The summed E-state index contributed by atoms with van der Waals surface area (Å²) in [5, 5.41) is 0. The van der Waals surface area contributed by atoms with E-state index in [2.05, 4.69) is 86.6 Å². The van der Waals surface area contributed by atoms with Gasteiger partial charge in [0.1, 0.15) is 22.7 Å². The molecule has 8 saturated carbocycles. The summed E-state index contributed by atoms with van der Waals surface area (Å²) in [5.74, 6) is 6.29. The second-order valence-corrected chi connectivity index (χ2v) is 24.0. The van der Waals surface area contributed by atoms with E-state index in [9.17, 15) is 9.59 Å². The molecule has 4 aromatic carbocycles. The number of hydrogen-bond donors (Lipinski definition) is 0. The van der Waals surface area contributed by atoms with E-state index in [-0.39, 0.29) is 57.6 Å². The quantitative estimate of drug-likeness (QED) is 0.0924. The van der Waals surface area contributed by atoms with E-state index in [1.165, 1.54) is 81.1 Å². The molecule has 12 rings (SSSR count). The number of halogens is 1. The van der Waals surface area contributed by atoms with Crippen LogP contribution in [-0.2, 0) is 19.1 Å². The number of carbonyl (C=O) groups excluding carboxylic acids is 2. The lowest BCUT2D eigenvalue weighted by molar-refractivity contribution is -0.597. The van der Waals surface area contributed by atoms with Gasteiger partial charge in [-0.25, -0.2) is 9.59 Å². The van der Waals surface area contributed by atoms with Crippen molar-refractivity contribution in [3.05, 3.63) is 104 Å². The van der Waals surface area contributed by atoms with E-state index >= 15 is 0 Å². The van der Waals surface area contributed by atoms with Gasteiger partial charge in [0.15, 0.2) is 20.4 Å². The monoisotopic (exact) mass is 941 g/mol. The summed E-state index contributed by atoms with van der Waals surface area (Å²) >= 11 is 3.15. The van der Waals surface area contributed by atoms with Crippen LogP contribution in [0.5, 0.6) is 11.5 Å². The van der Waals surface area contributed by atoms with E-state index in [0.717, 1.165) is 33.5 Å². The number of carbonyl (C=O) groups is 2. The Morgan fingerprint density at radius 3 is 1.07 bits per heavy atom. The fourth-order valence-corrected chi connectivity index (χ4v) is 15.9. The Hall–Kier alpha value is -3.15. The average molecular weight is 942 g/mol. The zero-order valence-corrected chi connectivity index (χ0v) is 37.8. The zero-order valence-electron chi connectivity index (χ0n) is 34.0. The highest BCUT2D eigenvalue weighted by Gasteiger charge is 2.58. The van der Waals surface area contributed by atoms with Crippen LogP contribution in [0.25, 0.3) is 0 Å². The Morgan fingerprint density at radius 1 is 0.475 bits per heavy atom. The van der Waals surface area contributed by atoms with E-state index in [1.54, 1.807) is 23.5 Å². The number of benzene rings is 4. The molecule has 6 nitrogen and oxygen atoms in total. The van der Waals surface area contributed by atoms with Crippen molar-refractivity contribution in [3.63, 3.8) is 0 Å². The highest BCUT2D eigenvalue weighted by atomic mass is 127. The summed E-state index contributed by atoms with van der Waals surface area (Å²) < 4.78 is 26.8. The summed E-state index contributed by atoms with van der Waals surface area (Å²) in [5.41, 5.74) is -0.648. The van der Waals surface area contributed by atoms with Crippen molar-refractivity contribution in [1.29, 1.82) is 0 Å². The fourth-order valence-electron chi connectivity index (χ4n) is 12.1. The summed E-state index contributed by atoms with van der Waals surface area (Å²) in [4.78, 5) is 30.4. The van der Waals surface area contributed by atoms with Crippen molar-refractivity contribution in [2.24, 2.45) is 47.3 Å². The van der Waals surface area contributed by atoms with Gasteiger partial charge in [-0.3, -0.25) is 0 Å². The third kappa shape index (κ3) is 8.68. The van der Waals surface area contributed by atoms with Gasteiger partial charge < -0.3 is 18.9 Å². The summed E-state index contributed by atoms with van der Waals surface area (Å²) in [6.07, 6.45) is 12.5. The maximum Gasteiger partial charge on any atom is 0.357 e. The van der Waals surface area contributed by atoms with Crippen molar-refractivity contribution >= 4 is 35.5 Å². The summed E-state index contributed by atoms with van der Waals surface area (Å²) in [6.45, 7) is 4.26. The number of ether oxygens (including phenoxy) is 4. The Balaban J connectivity index is 0.647. The molecule has 8 aliphatic carbocycles. The molecule has 0 heterocycles. The van der Waals surface area contributed by atoms with Crippen LogP contribution in [-0.4, -0.2) is 36.4 Å². The van der Waals surface area contributed by atoms with E-state index in [4.69, 9.17) is 18.9 Å². The molecule has 0 radical (unpaired) electrons. The first-order valence-corrected chi connectivity index (χ1v) is 25.5. The largest absolute Gasteiger partial charge is 0.482 e. The molecule has 308 valence electrons. The first-order valence-electron chi connectivity index (χ1n) is 21.7. The maximum atomic E-state index is 12.9. The van der Waals surface area contributed by atoms with Gasteiger partial charge in [-0.1, -0.05) is 23.5 Å². The van der Waals surface area contributed by atoms with E-state index in [0.29, 0.717) is 35.2 Å². The van der Waals surface area contributed by atoms with Gasteiger partial charge in [0.2, 0.25) is 0 Å². The molecule has 4 aromatic rings. The second kappa shape index (κ2) is 16.6. The smallest absolute Gasteiger partial charge is 0.357 e. The highest BCUT2D eigenvalue weighted by Crippen LogP contribution is 2.60. The molecule has 59 heavy (non-hydrogen) atoms. The number of hydrogen-bond acceptors (Lipinski definition) is 8. The van der Waals surface area contributed by atoms with Crippen molar-refractivity contribution in [2.75, 3.05) is 13.2 Å². The molecule has 0 atom stereocenters. The van der Waals surface area contributed by atoms with Gasteiger partial charge in [-0.15, -0.1) is 0 Å². The fraction of sp³-hybridized carbons (Fsp3) is 0.480. The molecule has 0 N–H and O–H groups in total. The lowest BCUT2D eigenvalue weighted by atomic mass is 9.50. The molecule has 0 saturated heterocycles. The molecule has 0 aromatic heterocycles. The second-order valence-electron chi connectivity index (χ2n) is 18.7. The Kier molecular flexibility index (Phi) is 11.2. The minimum Gasteiger partial charge on any atom is -0.482 e. The van der Waals surface area contributed by atoms with Gasteiger partial charge in [0.05, 0.1) is 0 Å². The number of esters is 2. The Labute approximate surface area is 367 Å². The van der Waals surface area contributed by atoms with Crippen LogP contribution in [0.4, 0.5) is 0 Å². The van der Waals surface area contributed by atoms with Gasteiger partial charge >= 0.3 is 33.1 Å². The van der Waals surface area contributed by atoms with Crippen LogP contribution in [0.2, 0.25) is 0 Å². The standard InChI is InChI=1S/C50H54IO6S2/c1-49(35-21-31-19-32(23-35)24-36(49)22-31)56-47(52)29-54-41-7-15-45(16-8-41)58-43-11-3-39(4-12-43)51-40-5-13-44(14-6-40)59-46-17-9-42(10-18-46)55-30-48(53)57-50(2)37-25-33-20-34(27-37)28-38(50)26-33/h3-18,31-38H,19-30H2,1-2H3/q+1. The molecule has 0 aliphatic heterocycles. The lowest BCUT2D eigenvalue weighted by Gasteiger charge is -2.59. The molecule has 9 heteroatoms. The Morgan fingerprint density at radius 2 is 0.763 bits per heavy atom. The predicted molar refractivity (Wildman–Crippen MR) is 225 cm³/mol. The summed E-state index contributed by atoms with van der Waals surface area (Å²) in [7, 11) is 0. The van der Waals surface area contributed by atoms with E-state index in [1.807, 2.05) is 24.3 Å². The molecule has 0 unspecified atom stereocenters. The van der Waals surface area contributed by atoms with Gasteiger partial charge in [0.25, 0.3) is 0 Å². The van der Waals surface area contributed by atoms with Crippen LogP contribution < -0.4 is 30.7 Å². The van der Waals surface area contributed by atoms with Crippen LogP contribution in [0.15, 0.2) is 117 Å².